The largest absolute Gasteiger partial charge is 0.376 e. The Morgan fingerprint density at radius 2 is 1.39 bits per heavy atom. The van der Waals surface area contributed by atoms with Gasteiger partial charge in [0.25, 0.3) is 0 Å². The Labute approximate surface area is 116 Å². The van der Waals surface area contributed by atoms with E-state index in [1.165, 1.54) is 57.8 Å². The average molecular weight is 256 g/mol. The predicted octanol–water partition coefficient (Wildman–Crippen LogP) is 5.97. The van der Waals surface area contributed by atoms with Crippen molar-refractivity contribution >= 4 is 0 Å². The molecule has 0 N–H and O–H groups in total. The van der Waals surface area contributed by atoms with Gasteiger partial charge in [0, 0.05) is 6.61 Å². The third-order valence-corrected chi connectivity index (χ3v) is 4.04. The van der Waals surface area contributed by atoms with Crippen LogP contribution >= 0.6 is 0 Å². The Balaban J connectivity index is 3.89. The molecule has 0 heterocycles. The van der Waals surface area contributed by atoms with Gasteiger partial charge in [-0.15, -0.1) is 0 Å². The van der Waals surface area contributed by atoms with Gasteiger partial charge >= 0.3 is 0 Å². The summed E-state index contributed by atoms with van der Waals surface area (Å²) >= 11 is 0. The fourth-order valence-corrected chi connectivity index (χ4v) is 2.85. The van der Waals surface area contributed by atoms with E-state index in [-0.39, 0.29) is 5.60 Å². The van der Waals surface area contributed by atoms with Crippen molar-refractivity contribution < 1.29 is 4.74 Å². The van der Waals surface area contributed by atoms with Crippen molar-refractivity contribution in [3.05, 3.63) is 0 Å². The van der Waals surface area contributed by atoms with E-state index >= 15 is 0 Å². The lowest BCUT2D eigenvalue weighted by molar-refractivity contribution is -0.0600. The van der Waals surface area contributed by atoms with Gasteiger partial charge in [0.2, 0.25) is 0 Å². The van der Waals surface area contributed by atoms with Crippen molar-refractivity contribution in [1.29, 1.82) is 0 Å². The molecular formula is C17H36O. The highest BCUT2D eigenvalue weighted by Crippen LogP contribution is 2.30. The van der Waals surface area contributed by atoms with Crippen LogP contribution in [0.1, 0.15) is 92.4 Å². The summed E-state index contributed by atoms with van der Waals surface area (Å²) in [5.74, 6) is 0.730. The maximum atomic E-state index is 5.94. The van der Waals surface area contributed by atoms with Gasteiger partial charge in [0.05, 0.1) is 5.60 Å². The summed E-state index contributed by atoms with van der Waals surface area (Å²) in [6.45, 7) is 12.1. The SMILES string of the molecule is CCCCCCCCC(CCC)C(C)(C)OCC. The van der Waals surface area contributed by atoms with E-state index in [9.17, 15) is 0 Å². The second-order valence-electron chi connectivity index (χ2n) is 6.08. The maximum Gasteiger partial charge on any atom is 0.0654 e. The van der Waals surface area contributed by atoms with Crippen LogP contribution in [0.4, 0.5) is 0 Å². The van der Waals surface area contributed by atoms with E-state index in [1.807, 2.05) is 0 Å². The number of ether oxygens (including phenoxy) is 1. The second-order valence-corrected chi connectivity index (χ2v) is 6.08. The number of hydrogen-bond acceptors (Lipinski definition) is 1. The van der Waals surface area contributed by atoms with E-state index < -0.39 is 0 Å². The molecule has 18 heavy (non-hydrogen) atoms. The quantitative estimate of drug-likeness (QED) is 0.391. The first kappa shape index (κ1) is 18.0. The molecule has 0 aliphatic rings. The third-order valence-electron chi connectivity index (χ3n) is 4.04. The van der Waals surface area contributed by atoms with Crippen molar-refractivity contribution in [2.45, 2.75) is 98.0 Å². The second kappa shape index (κ2) is 10.8. The highest BCUT2D eigenvalue weighted by molar-refractivity contribution is 4.79. The summed E-state index contributed by atoms with van der Waals surface area (Å²) in [7, 11) is 0. The van der Waals surface area contributed by atoms with Crippen molar-refractivity contribution in [3.8, 4) is 0 Å². The maximum absolute atomic E-state index is 5.94. The van der Waals surface area contributed by atoms with Gasteiger partial charge in [0.15, 0.2) is 0 Å². The minimum Gasteiger partial charge on any atom is -0.376 e. The fourth-order valence-electron chi connectivity index (χ4n) is 2.85. The Kier molecular flexibility index (Phi) is 10.8. The zero-order chi connectivity index (χ0) is 13.9. The van der Waals surface area contributed by atoms with Crippen LogP contribution in [0.5, 0.6) is 0 Å². The Morgan fingerprint density at radius 3 is 1.94 bits per heavy atom. The molecule has 0 aromatic carbocycles. The molecule has 1 nitrogen and oxygen atoms in total. The zero-order valence-corrected chi connectivity index (χ0v) is 13.6. The van der Waals surface area contributed by atoms with Crippen molar-refractivity contribution in [1.82, 2.24) is 0 Å². The van der Waals surface area contributed by atoms with Gasteiger partial charge in [-0.1, -0.05) is 58.8 Å². The highest BCUT2D eigenvalue weighted by Gasteiger charge is 2.28. The highest BCUT2D eigenvalue weighted by atomic mass is 16.5. The Hall–Kier alpha value is -0.0400. The molecule has 0 aliphatic heterocycles. The van der Waals surface area contributed by atoms with E-state index in [0.29, 0.717) is 0 Å². The molecule has 1 unspecified atom stereocenters. The minimum absolute atomic E-state index is 0.0637. The third kappa shape index (κ3) is 8.13. The summed E-state index contributed by atoms with van der Waals surface area (Å²) in [6, 6.07) is 0. The van der Waals surface area contributed by atoms with Crippen LogP contribution in [0.3, 0.4) is 0 Å². The van der Waals surface area contributed by atoms with Crippen molar-refractivity contribution in [2.75, 3.05) is 6.61 Å². The number of rotatable bonds is 12. The van der Waals surface area contributed by atoms with Crippen LogP contribution in [0.25, 0.3) is 0 Å². The van der Waals surface area contributed by atoms with E-state index in [2.05, 4.69) is 34.6 Å². The zero-order valence-electron chi connectivity index (χ0n) is 13.6. The first-order chi connectivity index (χ1) is 8.58. The van der Waals surface area contributed by atoms with Crippen LogP contribution in [0.2, 0.25) is 0 Å². The molecule has 0 rings (SSSR count). The first-order valence-corrected chi connectivity index (χ1v) is 8.22. The summed E-state index contributed by atoms with van der Waals surface area (Å²) < 4.78 is 5.94. The van der Waals surface area contributed by atoms with Crippen LogP contribution < -0.4 is 0 Å². The van der Waals surface area contributed by atoms with Gasteiger partial charge < -0.3 is 4.74 Å². The lowest BCUT2D eigenvalue weighted by Crippen LogP contribution is -2.34. The van der Waals surface area contributed by atoms with Crippen molar-refractivity contribution in [3.63, 3.8) is 0 Å². The summed E-state index contributed by atoms with van der Waals surface area (Å²) in [5, 5.41) is 0. The lowest BCUT2D eigenvalue weighted by Gasteiger charge is -2.34. The molecule has 0 fully saturated rings. The molecule has 1 heteroatoms. The number of unbranched alkanes of at least 4 members (excludes halogenated alkanes) is 5. The topological polar surface area (TPSA) is 9.23 Å². The average Bonchev–Trinajstić information content (AvgIpc) is 2.32. The van der Waals surface area contributed by atoms with Gasteiger partial charge in [0.1, 0.15) is 0 Å². The van der Waals surface area contributed by atoms with Gasteiger partial charge in [-0.05, 0) is 39.5 Å². The van der Waals surface area contributed by atoms with Crippen LogP contribution in [-0.4, -0.2) is 12.2 Å². The molecular weight excluding hydrogens is 220 g/mol. The monoisotopic (exact) mass is 256 g/mol. The molecule has 110 valence electrons. The van der Waals surface area contributed by atoms with Gasteiger partial charge in [-0.25, -0.2) is 0 Å². The molecule has 0 aromatic rings. The molecule has 0 bridgehead atoms. The summed E-state index contributed by atoms with van der Waals surface area (Å²) in [6.07, 6.45) is 12.3. The van der Waals surface area contributed by atoms with E-state index in [4.69, 9.17) is 4.74 Å². The standard InChI is InChI=1S/C17H36O/c1-6-9-10-11-12-13-15-16(14-7-2)17(4,5)18-8-3/h16H,6-15H2,1-5H3. The fraction of sp³-hybridized carbons (Fsp3) is 1.00. The predicted molar refractivity (Wildman–Crippen MR) is 82.1 cm³/mol. The molecule has 0 radical (unpaired) electrons. The summed E-state index contributed by atoms with van der Waals surface area (Å²) in [5.41, 5.74) is 0.0637. The molecule has 0 amide bonds. The van der Waals surface area contributed by atoms with Crippen LogP contribution in [0.15, 0.2) is 0 Å². The molecule has 0 saturated heterocycles. The molecule has 0 aliphatic carbocycles. The number of hydrogen-bond donors (Lipinski definition) is 0. The van der Waals surface area contributed by atoms with Gasteiger partial charge in [-0.2, -0.15) is 0 Å². The summed E-state index contributed by atoms with van der Waals surface area (Å²) in [4.78, 5) is 0. The normalized spacial score (nSPS) is 13.8. The Bertz CT molecular complexity index is 174. The molecule has 0 saturated carbocycles. The molecule has 0 spiro atoms. The van der Waals surface area contributed by atoms with Gasteiger partial charge in [-0.3, -0.25) is 0 Å². The minimum atomic E-state index is 0.0637. The smallest absolute Gasteiger partial charge is 0.0654 e. The molecule has 0 aromatic heterocycles. The lowest BCUT2D eigenvalue weighted by atomic mass is 9.83. The first-order valence-electron chi connectivity index (χ1n) is 8.22. The van der Waals surface area contributed by atoms with Crippen molar-refractivity contribution in [2.24, 2.45) is 5.92 Å². The molecule has 1 atom stereocenters. The van der Waals surface area contributed by atoms with E-state index in [1.54, 1.807) is 0 Å². The van der Waals surface area contributed by atoms with Crippen LogP contribution in [-0.2, 0) is 4.74 Å². The van der Waals surface area contributed by atoms with E-state index in [0.717, 1.165) is 12.5 Å². The Morgan fingerprint density at radius 1 is 0.778 bits per heavy atom. The van der Waals surface area contributed by atoms with Crippen LogP contribution in [0, 0.1) is 5.92 Å².